The number of imide groups is 1. The molecule has 35 heavy (non-hydrogen) atoms. The van der Waals surface area contributed by atoms with Gasteiger partial charge in [0.25, 0.3) is 0 Å². The highest BCUT2D eigenvalue weighted by atomic mass is 35.5. The number of amides is 2. The Morgan fingerprint density at radius 2 is 1.46 bits per heavy atom. The minimum atomic E-state index is -2.34. The van der Waals surface area contributed by atoms with E-state index in [1.807, 2.05) is 0 Å². The van der Waals surface area contributed by atoms with E-state index in [2.05, 4.69) is 0 Å². The Labute approximate surface area is 202 Å². The second kappa shape index (κ2) is 7.37. The van der Waals surface area contributed by atoms with E-state index in [9.17, 15) is 28.0 Å². The Morgan fingerprint density at radius 1 is 0.829 bits per heavy atom. The summed E-state index contributed by atoms with van der Waals surface area (Å²) in [4.78, 5) is 55.5. The van der Waals surface area contributed by atoms with Crippen LogP contribution in [0.3, 0.4) is 0 Å². The maximum atomic E-state index is 14.9. The van der Waals surface area contributed by atoms with Gasteiger partial charge in [-0.25, -0.2) is 13.7 Å². The van der Waals surface area contributed by atoms with Crippen LogP contribution in [-0.2, 0) is 14.3 Å². The van der Waals surface area contributed by atoms with Crippen molar-refractivity contribution in [3.63, 3.8) is 0 Å². The number of carbonyl (C=O) groups excluding carboxylic acids is 4. The molecule has 0 radical (unpaired) electrons. The van der Waals surface area contributed by atoms with Crippen LogP contribution >= 0.6 is 11.6 Å². The smallest absolute Gasteiger partial charge is 0.241 e. The third-order valence-electron chi connectivity index (χ3n) is 6.87. The summed E-state index contributed by atoms with van der Waals surface area (Å²) in [6.07, 6.45) is -1.48. The standard InChI is InChI=1S/C26H14ClF2NO5/c27-12-5-8-14(9-6-12)30-24(33)19-20(25(30)34)26(22(31)15-3-1-2-4-16(15)23(26)32)35-21(19)17-10-7-13(28)11-18(17)29/h1-11,19-21H. The molecule has 0 aromatic heterocycles. The molecule has 0 N–H and O–H groups in total. The van der Waals surface area contributed by atoms with Gasteiger partial charge in [0.05, 0.1) is 23.6 Å². The third kappa shape index (κ3) is 2.78. The third-order valence-corrected chi connectivity index (χ3v) is 7.12. The zero-order chi connectivity index (χ0) is 24.6. The molecular weight excluding hydrogens is 480 g/mol. The maximum Gasteiger partial charge on any atom is 0.241 e. The van der Waals surface area contributed by atoms with Crippen LogP contribution in [0, 0.1) is 23.5 Å². The summed E-state index contributed by atoms with van der Waals surface area (Å²) in [6.45, 7) is 0. The van der Waals surface area contributed by atoms with Gasteiger partial charge >= 0.3 is 0 Å². The van der Waals surface area contributed by atoms with Crippen molar-refractivity contribution in [1.29, 1.82) is 0 Å². The molecule has 2 amide bonds. The summed E-state index contributed by atoms with van der Waals surface area (Å²) in [7, 11) is 0. The van der Waals surface area contributed by atoms with Crippen LogP contribution in [0.5, 0.6) is 0 Å². The highest BCUT2D eigenvalue weighted by Crippen LogP contribution is 2.58. The predicted molar refractivity (Wildman–Crippen MR) is 119 cm³/mol. The summed E-state index contributed by atoms with van der Waals surface area (Å²) in [5, 5.41) is 0.371. The van der Waals surface area contributed by atoms with Gasteiger partial charge in [0.15, 0.2) is 0 Å². The van der Waals surface area contributed by atoms with Crippen LogP contribution in [0.15, 0.2) is 66.7 Å². The number of anilines is 1. The van der Waals surface area contributed by atoms with Crippen LogP contribution < -0.4 is 4.90 Å². The molecule has 2 aliphatic heterocycles. The van der Waals surface area contributed by atoms with Crippen molar-refractivity contribution >= 4 is 40.7 Å². The van der Waals surface area contributed by atoms with Gasteiger partial charge in [0.2, 0.25) is 29.0 Å². The fraction of sp³-hybridized carbons (Fsp3) is 0.154. The summed E-state index contributed by atoms with van der Waals surface area (Å²) in [6, 6.07) is 14.6. The number of nitrogens with zero attached hydrogens (tertiary/aromatic N) is 1. The summed E-state index contributed by atoms with van der Waals surface area (Å²) in [5.74, 6) is -7.91. The molecule has 1 spiro atoms. The van der Waals surface area contributed by atoms with Gasteiger partial charge in [-0.05, 0) is 30.3 Å². The fourth-order valence-electron chi connectivity index (χ4n) is 5.38. The first-order chi connectivity index (χ1) is 16.8. The zero-order valence-electron chi connectivity index (χ0n) is 17.7. The Kier molecular flexibility index (Phi) is 4.58. The SMILES string of the molecule is O=C1C2C(c3ccc(F)cc3F)OC3(C(=O)c4ccccc4C3=O)C2C(=O)N1c1ccc(Cl)cc1. The first-order valence-corrected chi connectivity index (χ1v) is 11.1. The average Bonchev–Trinajstić information content (AvgIpc) is 3.40. The van der Waals surface area contributed by atoms with E-state index in [1.165, 1.54) is 36.4 Å². The van der Waals surface area contributed by atoms with Crippen LogP contribution in [0.25, 0.3) is 0 Å². The summed E-state index contributed by atoms with van der Waals surface area (Å²) >= 11 is 5.94. The number of rotatable bonds is 2. The van der Waals surface area contributed by atoms with Crippen LogP contribution in [0.1, 0.15) is 32.4 Å². The molecule has 3 atom stereocenters. The van der Waals surface area contributed by atoms with Crippen molar-refractivity contribution < 1.29 is 32.7 Å². The number of hydrogen-bond donors (Lipinski definition) is 0. The van der Waals surface area contributed by atoms with E-state index < -0.39 is 58.6 Å². The first kappa shape index (κ1) is 21.8. The molecule has 3 unspecified atom stereocenters. The number of Topliss-reactive ketones (excluding diaryl/α,β-unsaturated/α-hetero) is 2. The number of hydrogen-bond acceptors (Lipinski definition) is 5. The predicted octanol–water partition coefficient (Wildman–Crippen LogP) is 4.31. The number of halogens is 3. The van der Waals surface area contributed by atoms with E-state index >= 15 is 0 Å². The normalized spacial score (nSPS) is 24.4. The minimum Gasteiger partial charge on any atom is -0.349 e. The van der Waals surface area contributed by atoms with Gasteiger partial charge < -0.3 is 4.74 Å². The second-order valence-electron chi connectivity index (χ2n) is 8.64. The van der Waals surface area contributed by atoms with Gasteiger partial charge in [-0.1, -0.05) is 41.9 Å². The van der Waals surface area contributed by atoms with E-state index in [0.717, 1.165) is 17.0 Å². The molecule has 3 aromatic carbocycles. The monoisotopic (exact) mass is 493 g/mol. The average molecular weight is 494 g/mol. The molecule has 6 nitrogen and oxygen atoms in total. The largest absolute Gasteiger partial charge is 0.349 e. The van der Waals surface area contributed by atoms with Crippen molar-refractivity contribution in [2.45, 2.75) is 11.7 Å². The number of ketones is 2. The maximum absolute atomic E-state index is 14.9. The van der Waals surface area contributed by atoms with Crippen LogP contribution in [0.4, 0.5) is 14.5 Å². The van der Waals surface area contributed by atoms with Gasteiger partial charge in [-0.3, -0.25) is 19.2 Å². The quantitative estimate of drug-likeness (QED) is 0.392. The van der Waals surface area contributed by atoms with E-state index in [-0.39, 0.29) is 22.4 Å². The molecule has 2 saturated heterocycles. The Bertz CT molecular complexity index is 1440. The van der Waals surface area contributed by atoms with Gasteiger partial charge in [0, 0.05) is 27.8 Å². The van der Waals surface area contributed by atoms with E-state index in [4.69, 9.17) is 16.3 Å². The summed E-state index contributed by atoms with van der Waals surface area (Å²) in [5.41, 5.74) is -2.27. The lowest BCUT2D eigenvalue weighted by molar-refractivity contribution is -0.127. The highest BCUT2D eigenvalue weighted by molar-refractivity contribution is 6.37. The van der Waals surface area contributed by atoms with E-state index in [0.29, 0.717) is 11.1 Å². The van der Waals surface area contributed by atoms with Crippen molar-refractivity contribution in [1.82, 2.24) is 0 Å². The van der Waals surface area contributed by atoms with Crippen molar-refractivity contribution in [2.24, 2.45) is 11.8 Å². The lowest BCUT2D eigenvalue weighted by Gasteiger charge is -2.27. The second-order valence-corrected chi connectivity index (χ2v) is 9.07. The molecule has 0 saturated carbocycles. The minimum absolute atomic E-state index is 0.0571. The molecule has 2 fully saturated rings. The molecule has 9 heteroatoms. The first-order valence-electron chi connectivity index (χ1n) is 10.7. The molecule has 0 bridgehead atoms. The molecule has 3 aliphatic rings. The van der Waals surface area contributed by atoms with Crippen molar-refractivity contribution in [3.8, 4) is 0 Å². The Morgan fingerprint density at radius 3 is 2.06 bits per heavy atom. The molecule has 1 aliphatic carbocycles. The van der Waals surface area contributed by atoms with Gasteiger partial charge in [0.1, 0.15) is 11.6 Å². The Balaban J connectivity index is 1.56. The van der Waals surface area contributed by atoms with E-state index in [1.54, 1.807) is 12.1 Å². The van der Waals surface area contributed by atoms with Gasteiger partial charge in [-0.2, -0.15) is 0 Å². The van der Waals surface area contributed by atoms with Gasteiger partial charge in [-0.15, -0.1) is 0 Å². The zero-order valence-corrected chi connectivity index (χ0v) is 18.5. The molecule has 2 heterocycles. The van der Waals surface area contributed by atoms with Crippen molar-refractivity contribution in [2.75, 3.05) is 4.90 Å². The number of fused-ring (bicyclic) bond motifs is 3. The lowest BCUT2D eigenvalue weighted by Crippen LogP contribution is -2.51. The highest BCUT2D eigenvalue weighted by Gasteiger charge is 2.75. The van der Waals surface area contributed by atoms with Crippen LogP contribution in [-0.4, -0.2) is 29.0 Å². The number of benzene rings is 3. The summed E-state index contributed by atoms with van der Waals surface area (Å²) < 4.78 is 34.5. The molecular formula is C26H14ClF2NO5. The number of carbonyl (C=O) groups is 4. The Hall–Kier alpha value is -3.75. The topological polar surface area (TPSA) is 80.8 Å². The lowest BCUT2D eigenvalue weighted by atomic mass is 9.77. The van der Waals surface area contributed by atoms with Crippen molar-refractivity contribution in [3.05, 3.63) is 100 Å². The fourth-order valence-corrected chi connectivity index (χ4v) is 5.50. The molecule has 6 rings (SSSR count). The van der Waals surface area contributed by atoms with Crippen LogP contribution in [0.2, 0.25) is 5.02 Å². The number of ether oxygens (including phenoxy) is 1. The molecule has 3 aromatic rings. The molecule has 174 valence electrons.